The van der Waals surface area contributed by atoms with Crippen molar-refractivity contribution < 1.29 is 9.47 Å². The first-order chi connectivity index (χ1) is 9.35. The molecule has 2 aromatic rings. The third-order valence-electron chi connectivity index (χ3n) is 2.84. The van der Waals surface area contributed by atoms with Gasteiger partial charge in [0.05, 0.1) is 17.8 Å². The first-order valence-corrected chi connectivity index (χ1v) is 6.50. The minimum atomic E-state index is 0.654. The lowest BCUT2D eigenvalue weighted by molar-refractivity contribution is 0.172. The Morgan fingerprint density at radius 2 is 2.05 bits per heavy atom. The molecule has 0 unspecified atom stereocenters. The number of hydrogen-bond acceptors (Lipinski definition) is 4. The highest BCUT2D eigenvalue weighted by Gasteiger charge is 2.06. The lowest BCUT2D eigenvalue weighted by Crippen LogP contribution is -2.08. The number of methoxy groups -OCH3 is 1. The van der Waals surface area contributed by atoms with Crippen LogP contribution in [0.25, 0.3) is 10.9 Å². The van der Waals surface area contributed by atoms with Crippen molar-refractivity contribution in [2.45, 2.75) is 13.0 Å². The molecule has 0 spiro atoms. The second kappa shape index (κ2) is 7.07. The monoisotopic (exact) mass is 260 g/mol. The Bertz CT molecular complexity index is 529. The van der Waals surface area contributed by atoms with E-state index in [9.17, 15) is 0 Å². The van der Waals surface area contributed by atoms with Crippen molar-refractivity contribution in [3.05, 3.63) is 36.0 Å². The van der Waals surface area contributed by atoms with Crippen LogP contribution in [-0.4, -0.2) is 32.4 Å². The zero-order valence-electron chi connectivity index (χ0n) is 11.5. The Hall–Kier alpha value is -1.65. The van der Waals surface area contributed by atoms with E-state index in [-0.39, 0.29) is 0 Å². The summed E-state index contributed by atoms with van der Waals surface area (Å²) >= 11 is 0. The average molecular weight is 260 g/mol. The highest BCUT2D eigenvalue weighted by Crippen LogP contribution is 2.25. The van der Waals surface area contributed by atoms with Crippen LogP contribution in [0.5, 0.6) is 5.75 Å². The number of pyridine rings is 1. The lowest BCUT2D eigenvalue weighted by atomic mass is 10.2. The molecule has 19 heavy (non-hydrogen) atoms. The van der Waals surface area contributed by atoms with E-state index in [1.807, 2.05) is 37.4 Å². The molecule has 1 aromatic heterocycles. The lowest BCUT2D eigenvalue weighted by Gasteiger charge is -2.11. The van der Waals surface area contributed by atoms with Gasteiger partial charge in [-0.25, -0.2) is 0 Å². The minimum absolute atomic E-state index is 0.654. The first-order valence-electron chi connectivity index (χ1n) is 6.50. The standard InChI is InChI=1S/C15H20N2O2/c1-16-11-12-10-15(19-9-5-8-18-2)13-6-3-4-7-14(13)17-12/h3-4,6-7,10,16H,5,8-9,11H2,1-2H3. The summed E-state index contributed by atoms with van der Waals surface area (Å²) in [5.74, 6) is 0.895. The number of para-hydroxylation sites is 1. The van der Waals surface area contributed by atoms with Gasteiger partial charge < -0.3 is 14.8 Å². The molecule has 102 valence electrons. The van der Waals surface area contributed by atoms with Crippen LogP contribution in [0.3, 0.4) is 0 Å². The van der Waals surface area contributed by atoms with E-state index in [2.05, 4.69) is 10.3 Å². The number of fused-ring (bicyclic) bond motifs is 1. The van der Waals surface area contributed by atoms with E-state index < -0.39 is 0 Å². The van der Waals surface area contributed by atoms with Crippen molar-refractivity contribution in [2.75, 3.05) is 27.4 Å². The van der Waals surface area contributed by atoms with Crippen molar-refractivity contribution >= 4 is 10.9 Å². The van der Waals surface area contributed by atoms with Gasteiger partial charge in [-0.1, -0.05) is 12.1 Å². The fourth-order valence-electron chi connectivity index (χ4n) is 1.97. The highest BCUT2D eigenvalue weighted by molar-refractivity contribution is 5.85. The van der Waals surface area contributed by atoms with Gasteiger partial charge in [-0.2, -0.15) is 0 Å². The molecule has 0 amide bonds. The van der Waals surface area contributed by atoms with Gasteiger partial charge in [0.2, 0.25) is 0 Å². The molecule has 0 fully saturated rings. The van der Waals surface area contributed by atoms with Crippen LogP contribution in [0.2, 0.25) is 0 Å². The molecule has 4 nitrogen and oxygen atoms in total. The fraction of sp³-hybridized carbons (Fsp3) is 0.400. The molecule has 0 aliphatic rings. The maximum Gasteiger partial charge on any atom is 0.130 e. The van der Waals surface area contributed by atoms with Gasteiger partial charge in [-0.3, -0.25) is 4.98 Å². The predicted molar refractivity (Wildman–Crippen MR) is 76.5 cm³/mol. The number of aromatic nitrogens is 1. The smallest absolute Gasteiger partial charge is 0.130 e. The number of hydrogen-bond donors (Lipinski definition) is 1. The molecule has 0 bridgehead atoms. The zero-order valence-corrected chi connectivity index (χ0v) is 11.5. The van der Waals surface area contributed by atoms with E-state index >= 15 is 0 Å². The molecular formula is C15H20N2O2. The molecule has 4 heteroatoms. The number of ether oxygens (including phenoxy) is 2. The zero-order chi connectivity index (χ0) is 13.5. The number of nitrogens with zero attached hydrogens (tertiary/aromatic N) is 1. The van der Waals surface area contributed by atoms with Crippen molar-refractivity contribution in [1.29, 1.82) is 0 Å². The van der Waals surface area contributed by atoms with Crippen LogP contribution >= 0.6 is 0 Å². The molecule has 0 atom stereocenters. The van der Waals surface area contributed by atoms with Crippen molar-refractivity contribution in [3.8, 4) is 5.75 Å². The van der Waals surface area contributed by atoms with Gasteiger partial charge in [0.1, 0.15) is 5.75 Å². The van der Waals surface area contributed by atoms with Crippen LogP contribution in [0.4, 0.5) is 0 Å². The highest BCUT2D eigenvalue weighted by atomic mass is 16.5. The Morgan fingerprint density at radius 3 is 2.84 bits per heavy atom. The van der Waals surface area contributed by atoms with Gasteiger partial charge in [-0.15, -0.1) is 0 Å². The Labute approximate surface area is 113 Å². The Morgan fingerprint density at radius 1 is 1.21 bits per heavy atom. The topological polar surface area (TPSA) is 43.4 Å². The summed E-state index contributed by atoms with van der Waals surface area (Å²) in [6.07, 6.45) is 0.883. The third-order valence-corrected chi connectivity index (χ3v) is 2.84. The molecule has 0 aliphatic carbocycles. The van der Waals surface area contributed by atoms with Crippen LogP contribution in [0.15, 0.2) is 30.3 Å². The van der Waals surface area contributed by atoms with Crippen molar-refractivity contribution in [2.24, 2.45) is 0 Å². The number of rotatable bonds is 7. The van der Waals surface area contributed by atoms with E-state index in [4.69, 9.17) is 9.47 Å². The fourth-order valence-corrected chi connectivity index (χ4v) is 1.97. The van der Waals surface area contributed by atoms with Crippen LogP contribution in [0, 0.1) is 0 Å². The van der Waals surface area contributed by atoms with Crippen molar-refractivity contribution in [1.82, 2.24) is 10.3 Å². The normalized spacial score (nSPS) is 10.8. The Balaban J connectivity index is 2.23. The maximum absolute atomic E-state index is 5.86. The van der Waals surface area contributed by atoms with Crippen LogP contribution in [0.1, 0.15) is 12.1 Å². The molecule has 1 heterocycles. The SMILES string of the molecule is CNCc1cc(OCCCOC)c2ccccc2n1. The van der Waals surface area contributed by atoms with Gasteiger partial charge in [0.25, 0.3) is 0 Å². The van der Waals surface area contributed by atoms with E-state index in [0.717, 1.165) is 35.3 Å². The molecular weight excluding hydrogens is 240 g/mol. The third kappa shape index (κ3) is 3.66. The Kier molecular flexibility index (Phi) is 5.12. The largest absolute Gasteiger partial charge is 0.493 e. The second-order valence-corrected chi connectivity index (χ2v) is 4.35. The minimum Gasteiger partial charge on any atom is -0.493 e. The second-order valence-electron chi connectivity index (χ2n) is 4.35. The van der Waals surface area contributed by atoms with Crippen molar-refractivity contribution in [3.63, 3.8) is 0 Å². The molecule has 1 N–H and O–H groups in total. The summed E-state index contributed by atoms with van der Waals surface area (Å²) in [6.45, 7) is 2.10. The molecule has 0 aliphatic heterocycles. The van der Waals surface area contributed by atoms with E-state index in [0.29, 0.717) is 13.2 Å². The summed E-state index contributed by atoms with van der Waals surface area (Å²) in [6, 6.07) is 10.1. The number of nitrogens with one attached hydrogen (secondary N) is 1. The molecule has 2 rings (SSSR count). The summed E-state index contributed by atoms with van der Waals surface area (Å²) in [4.78, 5) is 4.60. The summed E-state index contributed by atoms with van der Waals surface area (Å²) in [7, 11) is 3.61. The maximum atomic E-state index is 5.86. The van der Waals surface area contributed by atoms with Crippen LogP contribution in [-0.2, 0) is 11.3 Å². The van der Waals surface area contributed by atoms with Gasteiger partial charge in [0, 0.05) is 38.1 Å². The average Bonchev–Trinajstić information content (AvgIpc) is 2.44. The van der Waals surface area contributed by atoms with E-state index in [1.54, 1.807) is 7.11 Å². The summed E-state index contributed by atoms with van der Waals surface area (Å²) < 4.78 is 10.9. The molecule has 0 saturated heterocycles. The van der Waals surface area contributed by atoms with Crippen LogP contribution < -0.4 is 10.1 Å². The van der Waals surface area contributed by atoms with Gasteiger partial charge in [-0.05, 0) is 19.2 Å². The van der Waals surface area contributed by atoms with Gasteiger partial charge >= 0.3 is 0 Å². The summed E-state index contributed by atoms with van der Waals surface area (Å²) in [5, 5.41) is 4.17. The molecule has 0 saturated carbocycles. The van der Waals surface area contributed by atoms with E-state index in [1.165, 1.54) is 0 Å². The van der Waals surface area contributed by atoms with Gasteiger partial charge in [0.15, 0.2) is 0 Å². The molecule has 1 aromatic carbocycles. The summed E-state index contributed by atoms with van der Waals surface area (Å²) in [5.41, 5.74) is 1.96. The first kappa shape index (κ1) is 13.8. The quantitative estimate of drug-likeness (QED) is 0.776. The molecule has 0 radical (unpaired) electrons. The number of benzene rings is 1. The predicted octanol–water partition coefficient (Wildman–Crippen LogP) is 2.37.